The summed E-state index contributed by atoms with van der Waals surface area (Å²) in [6.07, 6.45) is 0.859. The summed E-state index contributed by atoms with van der Waals surface area (Å²) in [5, 5.41) is 4.50. The Morgan fingerprint density at radius 3 is 2.55 bits per heavy atom. The molecule has 2 heterocycles. The first kappa shape index (κ1) is 12.7. The average molecular weight is 269 g/mol. The zero-order valence-corrected chi connectivity index (χ0v) is 12.1. The number of nitrogens with zero attached hydrogens (tertiary/aromatic N) is 4. The molecule has 5 nitrogen and oxygen atoms in total. The van der Waals surface area contributed by atoms with E-state index < -0.39 is 0 Å². The zero-order chi connectivity index (χ0) is 14.3. The van der Waals surface area contributed by atoms with Crippen LogP contribution in [0.15, 0.2) is 24.3 Å². The summed E-state index contributed by atoms with van der Waals surface area (Å²) in [5.74, 6) is 0.545. The van der Waals surface area contributed by atoms with Crippen molar-refractivity contribution in [1.29, 1.82) is 0 Å². The van der Waals surface area contributed by atoms with Gasteiger partial charge in [0.25, 0.3) is 0 Å². The number of hydrogen-bond acceptors (Lipinski definition) is 3. The van der Waals surface area contributed by atoms with Crippen LogP contribution in [0.2, 0.25) is 0 Å². The molecule has 0 saturated heterocycles. The van der Waals surface area contributed by atoms with E-state index in [0.717, 1.165) is 23.3 Å². The number of fused-ring (bicyclic) bond motifs is 1. The van der Waals surface area contributed by atoms with Crippen LogP contribution in [-0.2, 0) is 20.0 Å². The van der Waals surface area contributed by atoms with E-state index in [1.54, 1.807) is 0 Å². The Labute approximate surface area is 118 Å². The highest BCUT2D eigenvalue weighted by atomic mass is 15.3. The minimum absolute atomic E-state index is 0.545. The Morgan fingerprint density at radius 2 is 1.90 bits per heavy atom. The van der Waals surface area contributed by atoms with Gasteiger partial charge in [0.2, 0.25) is 5.95 Å². The van der Waals surface area contributed by atoms with Crippen molar-refractivity contribution in [3.05, 3.63) is 41.1 Å². The molecule has 0 spiro atoms. The highest BCUT2D eigenvalue weighted by Gasteiger charge is 2.16. The molecule has 2 aromatic heterocycles. The van der Waals surface area contributed by atoms with Gasteiger partial charge in [0.05, 0.1) is 12.2 Å². The lowest BCUT2D eigenvalue weighted by Crippen LogP contribution is -2.08. The van der Waals surface area contributed by atoms with Gasteiger partial charge >= 0.3 is 0 Å². The molecule has 0 atom stereocenters. The Bertz CT molecular complexity index is 749. The second-order valence-corrected chi connectivity index (χ2v) is 5.14. The molecule has 2 N–H and O–H groups in total. The van der Waals surface area contributed by atoms with Gasteiger partial charge in [-0.1, -0.05) is 36.8 Å². The molecule has 0 aliphatic rings. The first-order chi connectivity index (χ1) is 9.60. The van der Waals surface area contributed by atoms with Crippen LogP contribution in [0.5, 0.6) is 0 Å². The average Bonchev–Trinajstić information content (AvgIpc) is 2.91. The van der Waals surface area contributed by atoms with Crippen molar-refractivity contribution in [2.45, 2.75) is 26.8 Å². The number of hydrogen-bond donors (Lipinski definition) is 1. The highest BCUT2D eigenvalue weighted by molar-refractivity contribution is 5.77. The first-order valence-corrected chi connectivity index (χ1v) is 6.83. The van der Waals surface area contributed by atoms with E-state index >= 15 is 0 Å². The summed E-state index contributed by atoms with van der Waals surface area (Å²) in [6, 6.07) is 8.47. The molecule has 0 radical (unpaired) electrons. The molecule has 0 amide bonds. The maximum absolute atomic E-state index is 6.08. The van der Waals surface area contributed by atoms with Gasteiger partial charge in [0, 0.05) is 7.05 Å². The van der Waals surface area contributed by atoms with Crippen LogP contribution in [0.3, 0.4) is 0 Å². The van der Waals surface area contributed by atoms with Crippen LogP contribution in [0.25, 0.3) is 11.2 Å². The van der Waals surface area contributed by atoms with Crippen LogP contribution in [0.4, 0.5) is 5.95 Å². The molecule has 0 aliphatic carbocycles. The van der Waals surface area contributed by atoms with Crippen LogP contribution >= 0.6 is 0 Å². The molecule has 0 fully saturated rings. The Morgan fingerprint density at radius 1 is 1.20 bits per heavy atom. The van der Waals surface area contributed by atoms with Crippen molar-refractivity contribution in [2.24, 2.45) is 7.05 Å². The van der Waals surface area contributed by atoms with Crippen LogP contribution in [0, 0.1) is 6.92 Å². The number of imidazole rings is 1. The molecular formula is C15H19N5. The Kier molecular flexibility index (Phi) is 2.97. The summed E-state index contributed by atoms with van der Waals surface area (Å²) >= 11 is 0. The minimum atomic E-state index is 0.545. The molecular weight excluding hydrogens is 250 g/mol. The van der Waals surface area contributed by atoms with Gasteiger partial charge < -0.3 is 5.73 Å². The maximum Gasteiger partial charge on any atom is 0.202 e. The van der Waals surface area contributed by atoms with Crippen LogP contribution in [0.1, 0.15) is 23.7 Å². The van der Waals surface area contributed by atoms with Crippen molar-refractivity contribution in [1.82, 2.24) is 19.3 Å². The smallest absolute Gasteiger partial charge is 0.202 e. The predicted molar refractivity (Wildman–Crippen MR) is 80.6 cm³/mol. The third-order valence-electron chi connectivity index (χ3n) is 3.62. The largest absolute Gasteiger partial charge is 0.369 e. The second-order valence-electron chi connectivity index (χ2n) is 5.14. The molecule has 0 unspecified atom stereocenters. The van der Waals surface area contributed by atoms with Crippen LogP contribution in [-0.4, -0.2) is 19.3 Å². The van der Waals surface area contributed by atoms with E-state index in [9.17, 15) is 0 Å². The summed E-state index contributed by atoms with van der Waals surface area (Å²) in [4.78, 5) is 4.48. The summed E-state index contributed by atoms with van der Waals surface area (Å²) in [6.45, 7) is 4.88. The third-order valence-corrected chi connectivity index (χ3v) is 3.62. The topological polar surface area (TPSA) is 61.7 Å². The van der Waals surface area contributed by atoms with E-state index in [0.29, 0.717) is 12.5 Å². The predicted octanol–water partition coefficient (Wildman–Crippen LogP) is 2.27. The SMILES string of the molecule is CCc1nn(C)c2c1nc(N)n2Cc1ccc(C)cc1. The molecule has 0 saturated carbocycles. The molecule has 3 rings (SSSR count). The number of nitrogen functional groups attached to an aromatic ring is 1. The lowest BCUT2D eigenvalue weighted by Gasteiger charge is -2.07. The Hall–Kier alpha value is -2.30. The molecule has 1 aromatic carbocycles. The number of rotatable bonds is 3. The fourth-order valence-electron chi connectivity index (χ4n) is 2.53. The van der Waals surface area contributed by atoms with Gasteiger partial charge in [0.1, 0.15) is 5.52 Å². The van der Waals surface area contributed by atoms with E-state index in [1.807, 2.05) is 16.3 Å². The monoisotopic (exact) mass is 269 g/mol. The molecule has 3 aromatic rings. The molecule has 0 bridgehead atoms. The quantitative estimate of drug-likeness (QED) is 0.793. The Balaban J connectivity index is 2.09. The van der Waals surface area contributed by atoms with Crippen molar-refractivity contribution in [3.8, 4) is 0 Å². The lowest BCUT2D eigenvalue weighted by atomic mass is 10.1. The molecule has 104 valence electrons. The third kappa shape index (κ3) is 1.95. The second kappa shape index (κ2) is 4.67. The van der Waals surface area contributed by atoms with Gasteiger partial charge in [-0.15, -0.1) is 0 Å². The number of aromatic nitrogens is 4. The normalized spacial score (nSPS) is 11.3. The van der Waals surface area contributed by atoms with Crippen molar-refractivity contribution < 1.29 is 0 Å². The standard InChI is InChI=1S/C15H19N5/c1-4-12-13-14(19(3)18-12)20(15(16)17-13)9-11-7-5-10(2)6-8-11/h5-8H,4,9H2,1-3H3,(H2,16,17). The van der Waals surface area contributed by atoms with E-state index in [2.05, 4.69) is 48.2 Å². The fourth-order valence-corrected chi connectivity index (χ4v) is 2.53. The summed E-state index contributed by atoms with van der Waals surface area (Å²) in [7, 11) is 1.94. The van der Waals surface area contributed by atoms with Crippen molar-refractivity contribution >= 4 is 17.1 Å². The number of nitrogens with two attached hydrogens (primary N) is 1. The fraction of sp³-hybridized carbons (Fsp3) is 0.333. The van der Waals surface area contributed by atoms with Crippen LogP contribution < -0.4 is 5.73 Å². The molecule has 0 aliphatic heterocycles. The summed E-state index contributed by atoms with van der Waals surface area (Å²) < 4.78 is 3.89. The number of aryl methyl sites for hydroxylation is 3. The summed E-state index contributed by atoms with van der Waals surface area (Å²) in [5.41, 5.74) is 11.4. The van der Waals surface area contributed by atoms with Gasteiger partial charge in [-0.3, -0.25) is 9.25 Å². The first-order valence-electron chi connectivity index (χ1n) is 6.83. The van der Waals surface area contributed by atoms with E-state index in [4.69, 9.17) is 5.73 Å². The highest BCUT2D eigenvalue weighted by Crippen LogP contribution is 2.22. The lowest BCUT2D eigenvalue weighted by molar-refractivity contribution is 0.719. The van der Waals surface area contributed by atoms with E-state index in [-0.39, 0.29) is 0 Å². The van der Waals surface area contributed by atoms with Gasteiger partial charge in [-0.2, -0.15) is 5.10 Å². The van der Waals surface area contributed by atoms with Crippen molar-refractivity contribution in [3.63, 3.8) is 0 Å². The van der Waals surface area contributed by atoms with Gasteiger partial charge in [-0.25, -0.2) is 4.98 Å². The van der Waals surface area contributed by atoms with Gasteiger partial charge in [-0.05, 0) is 18.9 Å². The van der Waals surface area contributed by atoms with Gasteiger partial charge in [0.15, 0.2) is 5.65 Å². The maximum atomic E-state index is 6.08. The molecule has 20 heavy (non-hydrogen) atoms. The zero-order valence-electron chi connectivity index (χ0n) is 12.1. The van der Waals surface area contributed by atoms with E-state index in [1.165, 1.54) is 11.1 Å². The molecule has 5 heteroatoms. The minimum Gasteiger partial charge on any atom is -0.369 e. The number of benzene rings is 1. The number of anilines is 1. The van der Waals surface area contributed by atoms with Crippen molar-refractivity contribution in [2.75, 3.05) is 5.73 Å².